The number of hydrogen-bond donors (Lipinski definition) is 1. The Hall–Kier alpha value is -1.75. The number of ether oxygens (including phenoxy) is 1. The van der Waals surface area contributed by atoms with Crippen LogP contribution in [0.2, 0.25) is 5.02 Å². The van der Waals surface area contributed by atoms with Crippen LogP contribution in [0.25, 0.3) is 0 Å². The lowest BCUT2D eigenvalue weighted by molar-refractivity contribution is -0.144. The molecule has 0 aromatic heterocycles. The molecule has 1 aromatic rings. The Morgan fingerprint density at radius 2 is 2.00 bits per heavy atom. The molecule has 0 spiro atoms. The van der Waals surface area contributed by atoms with E-state index in [-0.39, 0.29) is 11.9 Å². The SMILES string of the molecule is CC(Oc1ccc(Cl)cc1)C(=O)N1CCC(C(=O)O)C1C. The second-order valence-corrected chi connectivity index (χ2v) is 5.66. The van der Waals surface area contributed by atoms with Crippen LogP contribution in [0.1, 0.15) is 20.3 Å². The number of carbonyl (C=O) groups is 2. The van der Waals surface area contributed by atoms with E-state index in [2.05, 4.69) is 0 Å². The van der Waals surface area contributed by atoms with E-state index in [9.17, 15) is 9.59 Å². The van der Waals surface area contributed by atoms with E-state index >= 15 is 0 Å². The maximum Gasteiger partial charge on any atom is 0.308 e. The predicted molar refractivity (Wildman–Crippen MR) is 78.5 cm³/mol. The van der Waals surface area contributed by atoms with Crippen LogP contribution >= 0.6 is 11.6 Å². The van der Waals surface area contributed by atoms with Crippen molar-refractivity contribution in [3.05, 3.63) is 29.3 Å². The molecule has 21 heavy (non-hydrogen) atoms. The third-order valence-corrected chi connectivity index (χ3v) is 4.08. The van der Waals surface area contributed by atoms with Gasteiger partial charge in [-0.1, -0.05) is 11.6 Å². The summed E-state index contributed by atoms with van der Waals surface area (Å²) in [6, 6.07) is 6.45. The van der Waals surface area contributed by atoms with Gasteiger partial charge >= 0.3 is 5.97 Å². The summed E-state index contributed by atoms with van der Waals surface area (Å²) in [7, 11) is 0. The highest BCUT2D eigenvalue weighted by Crippen LogP contribution is 2.26. The monoisotopic (exact) mass is 311 g/mol. The molecule has 1 saturated heterocycles. The summed E-state index contributed by atoms with van der Waals surface area (Å²) in [5, 5.41) is 9.70. The molecule has 1 aromatic carbocycles. The molecule has 0 bridgehead atoms. The van der Waals surface area contributed by atoms with Gasteiger partial charge in [-0.25, -0.2) is 0 Å². The van der Waals surface area contributed by atoms with Gasteiger partial charge < -0.3 is 14.7 Å². The average Bonchev–Trinajstić information content (AvgIpc) is 2.82. The first-order valence-electron chi connectivity index (χ1n) is 6.85. The Morgan fingerprint density at radius 1 is 1.38 bits per heavy atom. The molecule has 1 aliphatic heterocycles. The van der Waals surface area contributed by atoms with Crippen LogP contribution in [0.5, 0.6) is 5.75 Å². The predicted octanol–water partition coefficient (Wildman–Crippen LogP) is 2.43. The number of likely N-dealkylation sites (tertiary alicyclic amines) is 1. The van der Waals surface area contributed by atoms with Crippen LogP contribution in [0.4, 0.5) is 0 Å². The van der Waals surface area contributed by atoms with E-state index in [0.717, 1.165) is 0 Å². The fourth-order valence-electron chi connectivity index (χ4n) is 2.58. The lowest BCUT2D eigenvalue weighted by Gasteiger charge is -2.26. The van der Waals surface area contributed by atoms with Crippen LogP contribution < -0.4 is 4.74 Å². The first-order chi connectivity index (χ1) is 9.90. The standard InChI is InChI=1S/C15H18ClNO4/c1-9-13(15(19)20)7-8-17(9)14(18)10(2)21-12-5-3-11(16)4-6-12/h3-6,9-10,13H,7-8H2,1-2H3,(H,19,20). The zero-order valence-electron chi connectivity index (χ0n) is 12.0. The quantitative estimate of drug-likeness (QED) is 0.927. The Morgan fingerprint density at radius 3 is 2.52 bits per heavy atom. The van der Waals surface area contributed by atoms with Gasteiger partial charge in [-0.2, -0.15) is 0 Å². The smallest absolute Gasteiger partial charge is 0.308 e. The van der Waals surface area contributed by atoms with Gasteiger partial charge in [0.25, 0.3) is 5.91 Å². The molecule has 0 saturated carbocycles. The topological polar surface area (TPSA) is 66.8 Å². The Bertz CT molecular complexity index is 531. The van der Waals surface area contributed by atoms with Crippen LogP contribution in [0, 0.1) is 5.92 Å². The zero-order valence-corrected chi connectivity index (χ0v) is 12.7. The summed E-state index contributed by atoms with van der Waals surface area (Å²) in [5.41, 5.74) is 0. The van der Waals surface area contributed by atoms with E-state index in [0.29, 0.717) is 23.7 Å². The number of hydrogen-bond acceptors (Lipinski definition) is 3. The molecule has 0 radical (unpaired) electrons. The number of amides is 1. The summed E-state index contributed by atoms with van der Waals surface area (Å²) in [6.45, 7) is 3.88. The second-order valence-electron chi connectivity index (χ2n) is 5.22. The van der Waals surface area contributed by atoms with Crippen molar-refractivity contribution >= 4 is 23.5 Å². The normalized spacial score (nSPS) is 22.9. The molecular weight excluding hydrogens is 294 g/mol. The molecule has 1 amide bonds. The highest BCUT2D eigenvalue weighted by atomic mass is 35.5. The van der Waals surface area contributed by atoms with Crippen LogP contribution in [0.15, 0.2) is 24.3 Å². The molecule has 3 unspecified atom stereocenters. The van der Waals surface area contributed by atoms with Crippen molar-refractivity contribution in [3.8, 4) is 5.75 Å². The summed E-state index contributed by atoms with van der Waals surface area (Å²) >= 11 is 5.79. The van der Waals surface area contributed by atoms with E-state index in [4.69, 9.17) is 21.4 Å². The van der Waals surface area contributed by atoms with Crippen molar-refractivity contribution in [2.45, 2.75) is 32.4 Å². The van der Waals surface area contributed by atoms with Gasteiger partial charge in [-0.05, 0) is 44.5 Å². The van der Waals surface area contributed by atoms with Gasteiger partial charge in [0.2, 0.25) is 0 Å². The zero-order chi connectivity index (χ0) is 15.6. The molecule has 1 heterocycles. The number of halogens is 1. The molecule has 3 atom stereocenters. The molecule has 1 aliphatic rings. The van der Waals surface area contributed by atoms with Gasteiger partial charge in [0, 0.05) is 17.6 Å². The van der Waals surface area contributed by atoms with Gasteiger partial charge in [-0.3, -0.25) is 9.59 Å². The van der Waals surface area contributed by atoms with Crippen LogP contribution in [-0.2, 0) is 9.59 Å². The van der Waals surface area contributed by atoms with Gasteiger partial charge in [0.05, 0.1) is 5.92 Å². The third kappa shape index (κ3) is 3.47. The van der Waals surface area contributed by atoms with Gasteiger partial charge in [0.1, 0.15) is 5.75 Å². The third-order valence-electron chi connectivity index (χ3n) is 3.83. The fraction of sp³-hybridized carbons (Fsp3) is 0.467. The average molecular weight is 312 g/mol. The Balaban J connectivity index is 1.99. The highest BCUT2D eigenvalue weighted by Gasteiger charge is 2.39. The maximum atomic E-state index is 12.4. The molecular formula is C15H18ClNO4. The highest BCUT2D eigenvalue weighted by molar-refractivity contribution is 6.30. The summed E-state index contributed by atoms with van der Waals surface area (Å²) in [4.78, 5) is 25.1. The van der Waals surface area contributed by atoms with Crippen molar-refractivity contribution in [3.63, 3.8) is 0 Å². The van der Waals surface area contributed by atoms with Crippen molar-refractivity contribution in [2.75, 3.05) is 6.54 Å². The first kappa shape index (κ1) is 15.6. The Kier molecular flexibility index (Phi) is 4.73. The van der Waals surface area contributed by atoms with Crippen LogP contribution in [0.3, 0.4) is 0 Å². The van der Waals surface area contributed by atoms with E-state index in [1.165, 1.54) is 0 Å². The van der Waals surface area contributed by atoms with Crippen molar-refractivity contribution in [1.29, 1.82) is 0 Å². The molecule has 6 heteroatoms. The minimum Gasteiger partial charge on any atom is -0.481 e. The molecule has 2 rings (SSSR count). The number of carboxylic acid groups (broad SMARTS) is 1. The number of carbonyl (C=O) groups excluding carboxylic acids is 1. The fourth-order valence-corrected chi connectivity index (χ4v) is 2.71. The number of carboxylic acids is 1. The van der Waals surface area contributed by atoms with Crippen molar-refractivity contribution < 1.29 is 19.4 Å². The number of rotatable bonds is 4. The summed E-state index contributed by atoms with van der Waals surface area (Å²) < 4.78 is 5.59. The molecule has 0 aliphatic carbocycles. The van der Waals surface area contributed by atoms with Crippen LogP contribution in [-0.4, -0.2) is 40.6 Å². The summed E-state index contributed by atoms with van der Waals surface area (Å²) in [6.07, 6.45) is -0.184. The molecule has 114 valence electrons. The van der Waals surface area contributed by atoms with Crippen molar-refractivity contribution in [1.82, 2.24) is 4.90 Å². The van der Waals surface area contributed by atoms with Gasteiger partial charge in [-0.15, -0.1) is 0 Å². The molecule has 1 fully saturated rings. The van der Waals surface area contributed by atoms with E-state index in [1.807, 2.05) is 0 Å². The maximum absolute atomic E-state index is 12.4. The number of benzene rings is 1. The second kappa shape index (κ2) is 6.35. The van der Waals surface area contributed by atoms with E-state index in [1.54, 1.807) is 43.0 Å². The minimum absolute atomic E-state index is 0.193. The minimum atomic E-state index is -0.857. The lowest BCUT2D eigenvalue weighted by Crippen LogP contribution is -2.44. The lowest BCUT2D eigenvalue weighted by atomic mass is 10.0. The molecule has 1 N–H and O–H groups in total. The number of aliphatic carboxylic acids is 1. The summed E-state index contributed by atoms with van der Waals surface area (Å²) in [5.74, 6) is -0.996. The largest absolute Gasteiger partial charge is 0.481 e. The van der Waals surface area contributed by atoms with Crippen molar-refractivity contribution in [2.24, 2.45) is 5.92 Å². The van der Waals surface area contributed by atoms with E-state index < -0.39 is 18.0 Å². The van der Waals surface area contributed by atoms with Gasteiger partial charge in [0.15, 0.2) is 6.10 Å². The first-order valence-corrected chi connectivity index (χ1v) is 7.23. The number of nitrogens with zero attached hydrogens (tertiary/aromatic N) is 1. The Labute approximate surface area is 128 Å². The molecule has 5 nitrogen and oxygen atoms in total.